The van der Waals surface area contributed by atoms with E-state index in [1.807, 2.05) is 43.2 Å². The maximum atomic E-state index is 11.2. The molecular formula is C58H127Br3N10O32S23. The van der Waals surface area contributed by atoms with Gasteiger partial charge in [-0.15, -0.1) is 70.8 Å². The molecule has 0 aliphatic rings. The molecule has 0 radical (unpaired) electrons. The van der Waals surface area contributed by atoms with E-state index in [2.05, 4.69) is 125 Å². The highest BCUT2D eigenvalue weighted by Crippen LogP contribution is 2.26. The number of carbonyl (C=O) groups excluding carboxylic acids is 3. The number of nitrogens with zero attached hydrogens (tertiary/aromatic N) is 7. The summed E-state index contributed by atoms with van der Waals surface area (Å²) in [6.45, 7) is 19.1. The molecule has 0 spiro atoms. The molecule has 0 heterocycles. The van der Waals surface area contributed by atoms with Crippen LogP contribution >= 0.6 is 298 Å². The number of nitrogens with two attached hydrogens (primary N) is 2. The third kappa shape index (κ3) is 228. The average Bonchev–Trinajstić information content (AvgIpc) is 0.950. The van der Waals surface area contributed by atoms with Gasteiger partial charge >= 0.3 is 18.0 Å². The number of esters is 2. The van der Waals surface area contributed by atoms with Crippen molar-refractivity contribution in [2.45, 2.75) is 80.3 Å². The highest BCUT2D eigenvalue weighted by molar-refractivity contribution is 9.09. The number of rotatable bonds is 73. The van der Waals surface area contributed by atoms with Gasteiger partial charge in [-0.25, -0.2) is 4.79 Å². The number of hydrogen-bond donors (Lipinski definition) is 9. The number of alkyl halides is 3. The summed E-state index contributed by atoms with van der Waals surface area (Å²) >= 11 is 13.8. The summed E-state index contributed by atoms with van der Waals surface area (Å²) in [5.41, 5.74) is 9.68. The minimum absolute atomic E-state index is 0.0146. The minimum atomic E-state index is -0.860. The van der Waals surface area contributed by atoms with Gasteiger partial charge in [0.1, 0.15) is 65.1 Å². The van der Waals surface area contributed by atoms with Crippen LogP contribution in [0.3, 0.4) is 0 Å². The second-order valence-corrected chi connectivity index (χ2v) is 52.1. The van der Waals surface area contributed by atoms with Crippen molar-refractivity contribution in [1.29, 1.82) is 0 Å². The van der Waals surface area contributed by atoms with Gasteiger partial charge in [-0.1, -0.05) is 306 Å². The Morgan fingerprint density at radius 2 is 0.508 bits per heavy atom. The number of halogens is 3. The van der Waals surface area contributed by atoms with Crippen molar-refractivity contribution in [3.8, 4) is 0 Å². The Hall–Kier alpha value is 1.82. The van der Waals surface area contributed by atoms with Gasteiger partial charge in [0.05, 0.1) is 33.0 Å². The summed E-state index contributed by atoms with van der Waals surface area (Å²) in [6, 6.07) is 0. The predicted octanol–water partition coefficient (Wildman–Crippen LogP) is 16.4. The van der Waals surface area contributed by atoms with Gasteiger partial charge in [0.15, 0.2) is 0 Å². The van der Waals surface area contributed by atoms with Crippen molar-refractivity contribution in [3.05, 3.63) is 70.8 Å². The monoisotopic (exact) mass is 2450 g/mol. The van der Waals surface area contributed by atoms with Gasteiger partial charge in [-0.2, -0.15) is 12.6 Å². The van der Waals surface area contributed by atoms with Crippen molar-refractivity contribution in [2.24, 2.45) is 11.5 Å². The van der Waals surface area contributed by atoms with Crippen molar-refractivity contribution < 1.29 is 124 Å². The van der Waals surface area contributed by atoms with Crippen molar-refractivity contribution in [1.82, 2.24) is 5.32 Å². The smallest absolute Gasteiger partial charge is 0.407 e. The minimum Gasteiger partial charge on any atom is -0.465 e. The zero-order valence-corrected chi connectivity index (χ0v) is 94.7. The maximum absolute atomic E-state index is 11.2. The summed E-state index contributed by atoms with van der Waals surface area (Å²) < 4.78 is 14.5. The fourth-order valence-corrected chi connectivity index (χ4v) is 26.0. The van der Waals surface area contributed by atoms with Crippen molar-refractivity contribution in [3.63, 3.8) is 0 Å². The highest BCUT2D eigenvalue weighted by atomic mass is 79.9. The van der Waals surface area contributed by atoms with E-state index in [9.17, 15) is 85.2 Å². The van der Waals surface area contributed by atoms with Gasteiger partial charge in [0.2, 0.25) is 0 Å². The Labute approximate surface area is 858 Å². The molecule has 0 saturated carbocycles. The van der Waals surface area contributed by atoms with E-state index >= 15 is 0 Å². The summed E-state index contributed by atoms with van der Waals surface area (Å²) in [4.78, 5) is 128. The fourth-order valence-electron chi connectivity index (χ4n) is 3.84. The first-order valence-electron chi connectivity index (χ1n) is 36.3. The SMILES string of the molecule is BrCCSSCCBr.CC(=O)OCCSSCCO[N+](=O)[O-].CC(C)(C)OC(=O)NCCSSCCO[N+](=O)[O-].CCCSSCCO.CCCSSCCOC(C)=O.CCCSSCCO[N+](=O)[O-].NCCS.NCCSSCCO[N+](=O)[O-].O=[N+]([O-])OCCSSCCO.O=[N+]([O-])OCCSSCCO[N+](=O)[O-].OCCSSCCBr.OCCSSCCO. The Morgan fingerprint density at radius 3 is 0.675 bits per heavy atom. The summed E-state index contributed by atoms with van der Waals surface area (Å²) in [7, 11) is 35.6. The fraction of sp³-hybridized carbons (Fsp3) is 0.948. The number of ether oxygens (including phenoxy) is 3. The van der Waals surface area contributed by atoms with Crippen molar-refractivity contribution >= 4 is 316 Å². The number of hydrogen-bond acceptors (Lipinski definition) is 57. The molecule has 0 fully saturated rings. The lowest BCUT2D eigenvalue weighted by Crippen LogP contribution is -2.33. The summed E-state index contributed by atoms with van der Waals surface area (Å²) in [5.74, 6) is 18.1. The molecule has 0 aliphatic heterocycles. The molecule has 1 amide bonds. The molecule has 0 unspecified atom stereocenters. The van der Waals surface area contributed by atoms with E-state index in [1.54, 1.807) is 118 Å². The largest absolute Gasteiger partial charge is 0.465 e. The van der Waals surface area contributed by atoms with E-state index < -0.39 is 47.3 Å². The molecule has 42 nitrogen and oxygen atoms in total. The summed E-state index contributed by atoms with van der Waals surface area (Å²) in [5, 5.41) is 110. The van der Waals surface area contributed by atoms with Crippen LogP contribution in [0.5, 0.6) is 0 Å². The molecular weight excluding hydrogens is 2330 g/mol. The quantitative estimate of drug-likeness (QED) is 0.00399. The first-order valence-corrected chi connectivity index (χ1v) is 67.7. The van der Waals surface area contributed by atoms with Crippen LogP contribution in [0.25, 0.3) is 0 Å². The Morgan fingerprint density at radius 1 is 0.325 bits per heavy atom. The van der Waals surface area contributed by atoms with Crippen LogP contribution in [0.4, 0.5) is 4.79 Å². The zero-order valence-electron chi connectivity index (χ0n) is 71.1. The van der Waals surface area contributed by atoms with Gasteiger partial charge in [0.25, 0.3) is 35.6 Å². The Balaban J connectivity index is -0.000000114. The van der Waals surface area contributed by atoms with Crippen LogP contribution in [-0.2, 0) is 57.7 Å². The molecule has 10 N–H and O–H groups in total. The maximum Gasteiger partial charge on any atom is 0.407 e. The van der Waals surface area contributed by atoms with E-state index in [4.69, 9.17) is 46.5 Å². The number of alkyl carbamates (subject to hydrolysis) is 1. The molecule has 0 aliphatic carbocycles. The topological polar surface area (TPSA) is 611 Å². The standard InChI is InChI=1S/C9H18N2O5S2.C7H14O2S2.C6H11NO5S2.C5H11NO3S2.C5H12OS2.C4H8Br2S2.C4H9BrOS2.C4H8N2O6S2.C4H10N2O3S2.C4H9NO4S2.C4H10O2S2.C2H7NS/c1-9(2,3)16-8(12)10-4-6-17-18-7-5-15-11(13)14;1-3-5-10-11-6-4-9-7(2)8;1-6(8)11-2-4-13-14-5-3-12-7(9)10;1-2-4-10-11-5-3-9-6(7)8;1-2-4-7-8-5-3-6;2*5-1-3-7-8-4-2-6;7-5(8)11-1-3-13-14-4-2-12-6(9)10;5-1-3-10-11-4-2-9-6(7)8;6-1-3-10-11-4-2-9-5(7)8;5-1-3-7-8-4-2-6;3-1-2-4/h4-7H2,1-3H3,(H,10,12);3-6H2,1-2H3;2-5H2,1H3;2-5H2,1H3;6H,2-5H2,1H3;1-4H2;6H,1-4H2;1-4H2;1-5H2;6H,1-4H2;5-6H,1-4H2;4H,1-3H2. The second-order valence-electron chi connectivity index (χ2n) is 19.6. The molecule has 0 aromatic rings. The van der Waals surface area contributed by atoms with E-state index in [1.165, 1.54) is 147 Å². The molecule has 68 heteroatoms. The van der Waals surface area contributed by atoms with E-state index in [0.717, 1.165) is 74.2 Å². The molecule has 0 saturated heterocycles. The number of carbonyl (C=O) groups is 3. The number of nitrogens with one attached hydrogen (secondary N) is 1. The average molecular weight is 2450 g/mol. The first-order chi connectivity index (χ1) is 60.2. The predicted molar refractivity (Wildman–Crippen MR) is 572 cm³/mol. The van der Waals surface area contributed by atoms with Gasteiger partial charge < -0.3 is 90.4 Å². The summed E-state index contributed by atoms with van der Waals surface area (Å²) in [6.07, 6.45) is 3.12. The lowest BCUT2D eigenvalue weighted by atomic mass is 10.2. The third-order valence-electron chi connectivity index (χ3n) is 7.81. The number of aliphatic hydroxyl groups is 5. The van der Waals surface area contributed by atoms with Crippen LogP contribution in [-0.4, -0.2) is 345 Å². The second kappa shape index (κ2) is 147. The van der Waals surface area contributed by atoms with Crippen molar-refractivity contribution in [2.75, 3.05) is 260 Å². The van der Waals surface area contributed by atoms with Crippen LogP contribution in [0, 0.1) is 70.8 Å². The third-order valence-corrected chi connectivity index (χ3v) is 37.5. The zero-order chi connectivity index (χ0) is 98.1. The van der Waals surface area contributed by atoms with Gasteiger partial charge in [-0.05, 0) is 40.0 Å². The van der Waals surface area contributed by atoms with Crippen LogP contribution < -0.4 is 16.8 Å². The van der Waals surface area contributed by atoms with Gasteiger partial charge in [-0.3, -0.25) is 9.59 Å². The van der Waals surface area contributed by atoms with E-state index in [0.29, 0.717) is 104 Å². The number of aliphatic hydroxyl groups excluding tert-OH is 5. The normalized spacial score (nSPS) is 9.71. The first kappa shape index (κ1) is 153. The van der Waals surface area contributed by atoms with Gasteiger partial charge in [0, 0.05) is 182 Å². The molecule has 0 bridgehead atoms. The van der Waals surface area contributed by atoms with Crippen LogP contribution in [0.1, 0.15) is 74.7 Å². The molecule has 0 rings (SSSR count). The van der Waals surface area contributed by atoms with Crippen LogP contribution in [0.2, 0.25) is 0 Å². The van der Waals surface area contributed by atoms with Crippen LogP contribution in [0.15, 0.2) is 0 Å². The Bertz CT molecular complexity index is 2010. The lowest BCUT2D eigenvalue weighted by molar-refractivity contribution is -0.756. The molecule has 760 valence electrons. The number of amides is 1. The lowest BCUT2D eigenvalue weighted by Gasteiger charge is -2.19. The van der Waals surface area contributed by atoms with E-state index in [-0.39, 0.29) is 78.0 Å². The molecule has 0 atom stereocenters. The Kier molecular flexibility index (Phi) is 179. The molecule has 126 heavy (non-hydrogen) atoms. The number of thiol groups is 1. The molecule has 0 aromatic heterocycles. The highest BCUT2D eigenvalue weighted by Gasteiger charge is 2.15. The molecule has 0 aromatic carbocycles.